The van der Waals surface area contributed by atoms with E-state index in [1.54, 1.807) is 16.7 Å². The molecule has 0 aliphatic carbocycles. The molecule has 140 valence electrons. The smallest absolute Gasteiger partial charge is 0.262 e. The van der Waals surface area contributed by atoms with Crippen LogP contribution in [0.5, 0.6) is 0 Å². The third-order valence-corrected chi connectivity index (χ3v) is 5.45. The Balaban J connectivity index is 1.81. The molecule has 0 atom stereocenters. The van der Waals surface area contributed by atoms with Crippen molar-refractivity contribution in [1.29, 1.82) is 0 Å². The molecular formula is C20H20ClN3O2S. The van der Waals surface area contributed by atoms with Crippen LogP contribution in [0.4, 0.5) is 5.69 Å². The number of thioether (sulfide) groups is 1. The second kappa shape index (κ2) is 8.15. The van der Waals surface area contributed by atoms with Crippen LogP contribution in [0.1, 0.15) is 18.1 Å². The highest BCUT2D eigenvalue weighted by Gasteiger charge is 2.14. The molecular weight excluding hydrogens is 382 g/mol. The highest BCUT2D eigenvalue weighted by Crippen LogP contribution is 2.27. The summed E-state index contributed by atoms with van der Waals surface area (Å²) in [7, 11) is 0. The molecule has 0 saturated heterocycles. The van der Waals surface area contributed by atoms with Crippen LogP contribution < -0.4 is 10.9 Å². The van der Waals surface area contributed by atoms with E-state index in [1.807, 2.05) is 45.0 Å². The maximum atomic E-state index is 12.6. The number of hydrogen-bond acceptors (Lipinski definition) is 4. The van der Waals surface area contributed by atoms with Crippen molar-refractivity contribution in [3.05, 3.63) is 62.9 Å². The van der Waals surface area contributed by atoms with E-state index in [9.17, 15) is 9.59 Å². The molecule has 5 nitrogen and oxygen atoms in total. The summed E-state index contributed by atoms with van der Waals surface area (Å²) >= 11 is 7.49. The zero-order valence-electron chi connectivity index (χ0n) is 15.4. The van der Waals surface area contributed by atoms with Gasteiger partial charge in [0.25, 0.3) is 5.56 Å². The molecule has 0 radical (unpaired) electrons. The van der Waals surface area contributed by atoms with Gasteiger partial charge in [0.2, 0.25) is 5.91 Å². The number of aryl methyl sites for hydroxylation is 2. The Labute approximate surface area is 166 Å². The standard InChI is InChI=1S/C20H20ClN3O2S/c1-4-24-19(26)14-7-5-6-8-16(14)22-20(24)27-11-17(25)23-18-13(3)9-12(2)10-15(18)21/h5-10H,4,11H2,1-3H3,(H,23,25). The lowest BCUT2D eigenvalue weighted by molar-refractivity contribution is -0.113. The molecule has 27 heavy (non-hydrogen) atoms. The number of rotatable bonds is 5. The number of nitrogens with zero attached hydrogens (tertiary/aromatic N) is 2. The number of anilines is 1. The van der Waals surface area contributed by atoms with E-state index in [0.29, 0.717) is 33.3 Å². The summed E-state index contributed by atoms with van der Waals surface area (Å²) in [5.74, 6) is -0.0621. The van der Waals surface area contributed by atoms with Gasteiger partial charge in [-0.15, -0.1) is 0 Å². The Morgan fingerprint density at radius 1 is 1.26 bits per heavy atom. The van der Waals surface area contributed by atoms with E-state index in [2.05, 4.69) is 10.3 Å². The molecule has 0 aliphatic heterocycles. The minimum absolute atomic E-state index is 0.0940. The number of nitrogens with one attached hydrogen (secondary N) is 1. The van der Waals surface area contributed by atoms with Gasteiger partial charge in [-0.05, 0) is 50.1 Å². The van der Waals surface area contributed by atoms with Crippen LogP contribution in [0.25, 0.3) is 10.9 Å². The first-order valence-corrected chi connectivity index (χ1v) is 9.96. The summed E-state index contributed by atoms with van der Waals surface area (Å²) in [4.78, 5) is 29.6. The molecule has 0 spiro atoms. The lowest BCUT2D eigenvalue weighted by Crippen LogP contribution is -2.23. The van der Waals surface area contributed by atoms with Crippen molar-refractivity contribution in [3.63, 3.8) is 0 Å². The van der Waals surface area contributed by atoms with E-state index in [-0.39, 0.29) is 17.2 Å². The number of benzene rings is 2. The minimum Gasteiger partial charge on any atom is -0.324 e. The number of carbonyl (C=O) groups is 1. The average Bonchev–Trinajstić information content (AvgIpc) is 2.63. The summed E-state index contributed by atoms with van der Waals surface area (Å²) in [5, 5.41) is 4.48. The third-order valence-electron chi connectivity index (χ3n) is 4.17. The van der Waals surface area contributed by atoms with Gasteiger partial charge in [0.15, 0.2) is 5.16 Å². The van der Waals surface area contributed by atoms with Gasteiger partial charge in [-0.3, -0.25) is 14.2 Å². The number of hydrogen-bond donors (Lipinski definition) is 1. The predicted molar refractivity (Wildman–Crippen MR) is 112 cm³/mol. The Morgan fingerprint density at radius 3 is 2.70 bits per heavy atom. The van der Waals surface area contributed by atoms with E-state index >= 15 is 0 Å². The Morgan fingerprint density at radius 2 is 2.00 bits per heavy atom. The first-order chi connectivity index (χ1) is 12.9. The second-order valence-electron chi connectivity index (χ2n) is 6.24. The maximum Gasteiger partial charge on any atom is 0.262 e. The fraction of sp³-hybridized carbons (Fsp3) is 0.250. The molecule has 0 unspecified atom stereocenters. The maximum absolute atomic E-state index is 12.6. The molecule has 0 bridgehead atoms. The van der Waals surface area contributed by atoms with Crippen molar-refractivity contribution in [2.24, 2.45) is 0 Å². The summed E-state index contributed by atoms with van der Waals surface area (Å²) < 4.78 is 1.59. The van der Waals surface area contributed by atoms with Crippen LogP contribution in [0, 0.1) is 13.8 Å². The van der Waals surface area contributed by atoms with E-state index in [4.69, 9.17) is 11.6 Å². The quantitative estimate of drug-likeness (QED) is 0.507. The first kappa shape index (κ1) is 19.5. The summed E-state index contributed by atoms with van der Waals surface area (Å²) in [6.45, 7) is 6.23. The molecule has 1 amide bonds. The van der Waals surface area contributed by atoms with Crippen molar-refractivity contribution in [3.8, 4) is 0 Å². The molecule has 2 aromatic carbocycles. The first-order valence-electron chi connectivity index (χ1n) is 8.59. The molecule has 0 fully saturated rings. The van der Waals surface area contributed by atoms with Gasteiger partial charge >= 0.3 is 0 Å². The van der Waals surface area contributed by atoms with Crippen molar-refractivity contribution >= 4 is 45.9 Å². The minimum atomic E-state index is -0.195. The lowest BCUT2D eigenvalue weighted by Gasteiger charge is -2.13. The number of para-hydroxylation sites is 1. The van der Waals surface area contributed by atoms with Crippen LogP contribution in [-0.4, -0.2) is 21.2 Å². The van der Waals surface area contributed by atoms with Crippen molar-refractivity contribution < 1.29 is 4.79 Å². The van der Waals surface area contributed by atoms with Crippen LogP contribution in [-0.2, 0) is 11.3 Å². The van der Waals surface area contributed by atoms with E-state index < -0.39 is 0 Å². The Hall–Kier alpha value is -2.31. The van der Waals surface area contributed by atoms with Gasteiger partial charge in [-0.1, -0.05) is 41.6 Å². The molecule has 1 heterocycles. The van der Waals surface area contributed by atoms with Crippen molar-refractivity contribution in [2.45, 2.75) is 32.5 Å². The Kier molecular flexibility index (Phi) is 5.87. The zero-order valence-corrected chi connectivity index (χ0v) is 16.9. The molecule has 1 aromatic heterocycles. The fourth-order valence-corrected chi connectivity index (χ4v) is 4.15. The predicted octanol–water partition coefficient (Wildman–Crippen LogP) is 4.42. The molecule has 3 rings (SSSR count). The largest absolute Gasteiger partial charge is 0.324 e. The van der Waals surface area contributed by atoms with Gasteiger partial charge in [0, 0.05) is 6.54 Å². The van der Waals surface area contributed by atoms with Gasteiger partial charge in [0.05, 0.1) is 27.4 Å². The topological polar surface area (TPSA) is 64.0 Å². The zero-order chi connectivity index (χ0) is 19.6. The SMILES string of the molecule is CCn1c(SCC(=O)Nc2c(C)cc(C)cc2Cl)nc2ccccc2c1=O. The van der Waals surface area contributed by atoms with Crippen LogP contribution in [0.3, 0.4) is 0 Å². The van der Waals surface area contributed by atoms with Crippen molar-refractivity contribution in [1.82, 2.24) is 9.55 Å². The van der Waals surface area contributed by atoms with Crippen LogP contribution >= 0.6 is 23.4 Å². The van der Waals surface area contributed by atoms with E-state index in [0.717, 1.165) is 11.1 Å². The molecule has 0 saturated carbocycles. The third kappa shape index (κ3) is 4.17. The van der Waals surface area contributed by atoms with E-state index in [1.165, 1.54) is 11.8 Å². The number of fused-ring (bicyclic) bond motifs is 1. The lowest BCUT2D eigenvalue weighted by atomic mass is 10.1. The fourth-order valence-electron chi connectivity index (χ4n) is 2.92. The average molecular weight is 402 g/mol. The summed E-state index contributed by atoms with van der Waals surface area (Å²) in [6.07, 6.45) is 0. The van der Waals surface area contributed by atoms with Crippen LogP contribution in [0.2, 0.25) is 5.02 Å². The highest BCUT2D eigenvalue weighted by molar-refractivity contribution is 7.99. The van der Waals surface area contributed by atoms with Gasteiger partial charge < -0.3 is 5.32 Å². The highest BCUT2D eigenvalue weighted by atomic mass is 35.5. The monoisotopic (exact) mass is 401 g/mol. The summed E-state index contributed by atoms with van der Waals surface area (Å²) in [6, 6.07) is 11.0. The molecule has 3 aromatic rings. The van der Waals surface area contributed by atoms with Crippen LogP contribution in [0.15, 0.2) is 46.3 Å². The summed E-state index contributed by atoms with van der Waals surface area (Å²) in [5.41, 5.74) is 3.10. The van der Waals surface area contributed by atoms with Gasteiger partial charge in [-0.25, -0.2) is 4.98 Å². The normalized spacial score (nSPS) is 11.0. The van der Waals surface area contributed by atoms with Gasteiger partial charge in [-0.2, -0.15) is 0 Å². The number of halogens is 1. The number of amides is 1. The van der Waals surface area contributed by atoms with Crippen molar-refractivity contribution in [2.75, 3.05) is 11.1 Å². The Bertz CT molecular complexity index is 1060. The number of carbonyl (C=O) groups excluding carboxylic acids is 1. The molecule has 7 heteroatoms. The second-order valence-corrected chi connectivity index (χ2v) is 7.59. The molecule has 1 N–H and O–H groups in total. The number of aromatic nitrogens is 2. The van der Waals surface area contributed by atoms with Gasteiger partial charge in [0.1, 0.15) is 0 Å². The molecule has 0 aliphatic rings.